The van der Waals surface area contributed by atoms with Gasteiger partial charge in [0, 0.05) is 52.4 Å². The lowest BCUT2D eigenvalue weighted by atomic mass is 10.1. The molecule has 2 N–H and O–H groups in total. The molecule has 6 nitrogen and oxygen atoms in total. The summed E-state index contributed by atoms with van der Waals surface area (Å²) in [6.45, 7) is 15.2. The molecular formula is C22H41IN6. The first-order valence-electron chi connectivity index (χ1n) is 10.7. The summed E-state index contributed by atoms with van der Waals surface area (Å²) in [6.07, 6.45) is 0. The third kappa shape index (κ3) is 8.39. The molecule has 166 valence electrons. The molecular weight excluding hydrogens is 475 g/mol. The maximum absolute atomic E-state index is 4.44. The highest BCUT2D eigenvalue weighted by atomic mass is 127. The largest absolute Gasteiger partial charge is 0.355 e. The number of rotatable bonds is 9. The minimum absolute atomic E-state index is 0. The van der Waals surface area contributed by atoms with Crippen molar-refractivity contribution in [3.05, 3.63) is 35.9 Å². The van der Waals surface area contributed by atoms with E-state index >= 15 is 0 Å². The summed E-state index contributed by atoms with van der Waals surface area (Å²) in [4.78, 5) is 11.9. The van der Waals surface area contributed by atoms with Gasteiger partial charge in [0.15, 0.2) is 5.96 Å². The number of likely N-dealkylation sites (N-methyl/N-ethyl adjacent to an activating group) is 2. The van der Waals surface area contributed by atoms with Crippen LogP contribution in [-0.4, -0.2) is 93.2 Å². The zero-order chi connectivity index (χ0) is 20.4. The van der Waals surface area contributed by atoms with Gasteiger partial charge in [-0.3, -0.25) is 14.8 Å². The van der Waals surface area contributed by atoms with Gasteiger partial charge in [0.05, 0.1) is 6.04 Å². The van der Waals surface area contributed by atoms with E-state index in [1.165, 1.54) is 5.56 Å². The lowest BCUT2D eigenvalue weighted by Crippen LogP contribution is -2.52. The second-order valence-electron chi connectivity index (χ2n) is 7.67. The average Bonchev–Trinajstić information content (AvgIpc) is 2.74. The van der Waals surface area contributed by atoms with Gasteiger partial charge in [0.2, 0.25) is 0 Å². The quantitative estimate of drug-likeness (QED) is 0.300. The van der Waals surface area contributed by atoms with Gasteiger partial charge in [-0.1, -0.05) is 44.2 Å². The fourth-order valence-corrected chi connectivity index (χ4v) is 3.85. The summed E-state index contributed by atoms with van der Waals surface area (Å²) in [7, 11) is 4.05. The first-order valence-corrected chi connectivity index (χ1v) is 10.7. The number of hydrogen-bond acceptors (Lipinski definition) is 4. The highest BCUT2D eigenvalue weighted by molar-refractivity contribution is 14.0. The van der Waals surface area contributed by atoms with Crippen LogP contribution < -0.4 is 10.6 Å². The van der Waals surface area contributed by atoms with Crippen LogP contribution in [0.2, 0.25) is 0 Å². The molecule has 0 saturated carbocycles. The van der Waals surface area contributed by atoms with Crippen molar-refractivity contribution in [1.29, 1.82) is 0 Å². The molecule has 1 aromatic rings. The van der Waals surface area contributed by atoms with Crippen LogP contribution in [0.25, 0.3) is 0 Å². The first kappa shape index (κ1) is 26.1. The average molecular weight is 517 g/mol. The summed E-state index contributed by atoms with van der Waals surface area (Å²) < 4.78 is 0. The number of nitrogens with one attached hydrogen (secondary N) is 2. The van der Waals surface area contributed by atoms with Crippen LogP contribution >= 0.6 is 24.0 Å². The summed E-state index contributed by atoms with van der Waals surface area (Å²) in [5.74, 6) is 0.883. The Morgan fingerprint density at radius 2 is 1.62 bits per heavy atom. The van der Waals surface area contributed by atoms with Crippen LogP contribution in [0.5, 0.6) is 0 Å². The summed E-state index contributed by atoms with van der Waals surface area (Å²) in [5, 5.41) is 7.08. The predicted molar refractivity (Wildman–Crippen MR) is 135 cm³/mol. The van der Waals surface area contributed by atoms with E-state index in [2.05, 4.69) is 88.5 Å². The van der Waals surface area contributed by atoms with Crippen molar-refractivity contribution in [2.24, 2.45) is 4.99 Å². The number of guanidine groups is 1. The van der Waals surface area contributed by atoms with E-state index in [1.54, 1.807) is 0 Å². The molecule has 2 atom stereocenters. The molecule has 2 unspecified atom stereocenters. The van der Waals surface area contributed by atoms with Gasteiger partial charge in [-0.25, -0.2) is 0 Å². The van der Waals surface area contributed by atoms with E-state index < -0.39 is 0 Å². The number of aliphatic imine (C=N–C) groups is 1. The normalized spacial score (nSPS) is 18.2. The van der Waals surface area contributed by atoms with Gasteiger partial charge in [-0.05, 0) is 32.6 Å². The van der Waals surface area contributed by atoms with E-state index in [1.807, 2.05) is 7.05 Å². The lowest BCUT2D eigenvalue weighted by molar-refractivity contribution is 0.120. The van der Waals surface area contributed by atoms with Gasteiger partial charge >= 0.3 is 0 Å². The van der Waals surface area contributed by atoms with E-state index in [0.717, 1.165) is 58.3 Å². The summed E-state index contributed by atoms with van der Waals surface area (Å²) >= 11 is 0. The van der Waals surface area contributed by atoms with Crippen LogP contribution in [0.15, 0.2) is 35.3 Å². The van der Waals surface area contributed by atoms with Crippen molar-refractivity contribution in [3.8, 4) is 0 Å². The fraction of sp³-hybridized carbons (Fsp3) is 0.682. The molecule has 0 amide bonds. The highest BCUT2D eigenvalue weighted by Crippen LogP contribution is 2.19. The number of piperazine rings is 1. The van der Waals surface area contributed by atoms with Crippen LogP contribution in [0, 0.1) is 0 Å². The summed E-state index contributed by atoms with van der Waals surface area (Å²) in [5.41, 5.74) is 1.35. The topological polar surface area (TPSA) is 46.1 Å². The van der Waals surface area contributed by atoms with Crippen LogP contribution in [0.3, 0.4) is 0 Å². The molecule has 29 heavy (non-hydrogen) atoms. The molecule has 1 aromatic carbocycles. The molecule has 0 radical (unpaired) electrons. The Balaban J connectivity index is 0.00000420. The van der Waals surface area contributed by atoms with Crippen LogP contribution in [-0.2, 0) is 0 Å². The van der Waals surface area contributed by atoms with Gasteiger partial charge < -0.3 is 15.5 Å². The maximum atomic E-state index is 4.44. The van der Waals surface area contributed by atoms with E-state index in [0.29, 0.717) is 12.1 Å². The van der Waals surface area contributed by atoms with Crippen LogP contribution in [0.4, 0.5) is 0 Å². The zero-order valence-corrected chi connectivity index (χ0v) is 21.2. The zero-order valence-electron chi connectivity index (χ0n) is 18.9. The van der Waals surface area contributed by atoms with Crippen molar-refractivity contribution in [2.75, 3.05) is 66.5 Å². The molecule has 2 rings (SSSR count). The smallest absolute Gasteiger partial charge is 0.191 e. The first-order chi connectivity index (χ1) is 13.6. The molecule has 0 aliphatic carbocycles. The Bertz CT molecular complexity index is 570. The monoisotopic (exact) mass is 516 g/mol. The van der Waals surface area contributed by atoms with Crippen molar-refractivity contribution in [3.63, 3.8) is 0 Å². The molecule has 1 aliphatic heterocycles. The van der Waals surface area contributed by atoms with Crippen molar-refractivity contribution in [2.45, 2.75) is 32.9 Å². The SMILES string of the molecule is CCN(CC)C(CNC(=NC)NCC(C)N1CCN(C)CC1)c1ccccc1.I. The van der Waals surface area contributed by atoms with Crippen LogP contribution in [0.1, 0.15) is 32.4 Å². The van der Waals surface area contributed by atoms with Crippen molar-refractivity contribution < 1.29 is 0 Å². The Morgan fingerprint density at radius 1 is 1.03 bits per heavy atom. The van der Waals surface area contributed by atoms with E-state index in [9.17, 15) is 0 Å². The fourth-order valence-electron chi connectivity index (χ4n) is 3.85. The molecule has 1 fully saturated rings. The highest BCUT2D eigenvalue weighted by Gasteiger charge is 2.20. The minimum atomic E-state index is 0. The number of hydrogen-bond donors (Lipinski definition) is 2. The van der Waals surface area contributed by atoms with Crippen molar-refractivity contribution >= 4 is 29.9 Å². The third-order valence-corrected chi connectivity index (χ3v) is 5.85. The van der Waals surface area contributed by atoms with Crippen molar-refractivity contribution in [1.82, 2.24) is 25.3 Å². The Labute approximate surface area is 195 Å². The second kappa shape index (κ2) is 14.2. The Morgan fingerprint density at radius 3 is 2.17 bits per heavy atom. The van der Waals surface area contributed by atoms with E-state index in [-0.39, 0.29) is 24.0 Å². The molecule has 7 heteroatoms. The van der Waals surface area contributed by atoms with Gasteiger partial charge in [-0.15, -0.1) is 24.0 Å². The molecule has 1 heterocycles. The molecule has 0 spiro atoms. The second-order valence-corrected chi connectivity index (χ2v) is 7.67. The number of benzene rings is 1. The molecule has 1 saturated heterocycles. The molecule has 0 bridgehead atoms. The standard InChI is InChI=1S/C22H40N6.HI/c1-6-27(7-2)21(20-11-9-8-10-12-20)18-25-22(23-4)24-17-19(3)28-15-13-26(5)14-16-28;/h8-12,19,21H,6-7,13-18H2,1-5H3,(H2,23,24,25);1H. The Kier molecular flexibility index (Phi) is 12.8. The lowest BCUT2D eigenvalue weighted by Gasteiger charge is -2.36. The third-order valence-electron chi connectivity index (χ3n) is 5.85. The van der Waals surface area contributed by atoms with Gasteiger partial charge in [-0.2, -0.15) is 0 Å². The van der Waals surface area contributed by atoms with E-state index in [4.69, 9.17) is 0 Å². The predicted octanol–water partition coefficient (Wildman–Crippen LogP) is 2.49. The Hall–Kier alpha value is -0.900. The van der Waals surface area contributed by atoms with Gasteiger partial charge in [0.25, 0.3) is 0 Å². The number of halogens is 1. The maximum Gasteiger partial charge on any atom is 0.191 e. The minimum Gasteiger partial charge on any atom is -0.355 e. The molecule has 1 aliphatic rings. The molecule has 0 aromatic heterocycles. The summed E-state index contributed by atoms with van der Waals surface area (Å²) in [6, 6.07) is 11.6. The number of nitrogens with zero attached hydrogens (tertiary/aromatic N) is 4. The van der Waals surface area contributed by atoms with Gasteiger partial charge in [0.1, 0.15) is 0 Å².